The molecule has 19 heteroatoms. The molecule has 3 aliphatic rings. The van der Waals surface area contributed by atoms with E-state index in [1.165, 1.54) is 24.0 Å². The summed E-state index contributed by atoms with van der Waals surface area (Å²) in [6.45, 7) is 7.26. The summed E-state index contributed by atoms with van der Waals surface area (Å²) >= 11 is 0. The van der Waals surface area contributed by atoms with E-state index in [4.69, 9.17) is 28.4 Å². The van der Waals surface area contributed by atoms with Gasteiger partial charge in [0.1, 0.15) is 42.9 Å². The minimum Gasteiger partial charge on any atom is -0.496 e. The SMILES string of the molecule is CCC(C)(C)C(=O)C(=O)N1CCCC[C@H]1C(=O)O[C@H](CCc1ccc(OC)c(C)c1)c1cccc(OCC(=O)CCCCCC(=O)COc2c(OC)cc(N=Nc3cccc4c3CN(C3CCC(=O)NC3=O)C4=O)cc2OC)c1. The number of aryl methyl sites for hydroxylation is 2. The third kappa shape index (κ3) is 14.8. The van der Waals surface area contributed by atoms with E-state index in [1.54, 1.807) is 69.5 Å². The van der Waals surface area contributed by atoms with Crippen LogP contribution in [0.15, 0.2) is 83.0 Å². The number of benzene rings is 4. The summed E-state index contributed by atoms with van der Waals surface area (Å²) in [5.41, 5.74) is 3.54. The van der Waals surface area contributed by atoms with Crippen LogP contribution >= 0.6 is 0 Å². The van der Waals surface area contributed by atoms with Crippen molar-refractivity contribution in [1.82, 2.24) is 15.1 Å². The van der Waals surface area contributed by atoms with Gasteiger partial charge in [0.05, 0.1) is 32.7 Å². The molecule has 0 radical (unpaired) electrons. The van der Waals surface area contributed by atoms with Gasteiger partial charge < -0.3 is 38.2 Å². The van der Waals surface area contributed by atoms with Gasteiger partial charge in [-0.05, 0) is 112 Å². The Morgan fingerprint density at radius 3 is 2.15 bits per heavy atom. The van der Waals surface area contributed by atoms with Gasteiger partial charge in [0.25, 0.3) is 11.8 Å². The zero-order valence-corrected chi connectivity index (χ0v) is 46.2. The lowest BCUT2D eigenvalue weighted by atomic mass is 9.84. The van der Waals surface area contributed by atoms with Crippen molar-refractivity contribution in [3.8, 4) is 28.7 Å². The average Bonchev–Trinajstić information content (AvgIpc) is 3.91. The number of carbonyl (C=O) groups is 8. The van der Waals surface area contributed by atoms with Crippen molar-refractivity contribution in [2.75, 3.05) is 41.1 Å². The van der Waals surface area contributed by atoms with E-state index in [9.17, 15) is 38.4 Å². The van der Waals surface area contributed by atoms with Crippen molar-refractivity contribution >= 4 is 58.3 Å². The van der Waals surface area contributed by atoms with Gasteiger partial charge in [-0.1, -0.05) is 57.5 Å². The molecule has 2 fully saturated rings. The Morgan fingerprint density at radius 2 is 1.48 bits per heavy atom. The first-order valence-electron chi connectivity index (χ1n) is 27.0. The number of hydrogen-bond donors (Lipinski definition) is 1. The molecule has 1 N–H and O–H groups in total. The molecule has 3 heterocycles. The molecule has 1 unspecified atom stereocenters. The Labute approximate surface area is 460 Å². The molecule has 0 aliphatic carbocycles. The molecule has 420 valence electrons. The molecule has 3 atom stereocenters. The van der Waals surface area contributed by atoms with Crippen molar-refractivity contribution in [3.05, 3.63) is 101 Å². The van der Waals surface area contributed by atoms with Crippen molar-refractivity contribution in [1.29, 1.82) is 0 Å². The maximum atomic E-state index is 14.1. The van der Waals surface area contributed by atoms with Crippen molar-refractivity contribution in [3.63, 3.8) is 0 Å². The van der Waals surface area contributed by atoms with Gasteiger partial charge in [0, 0.05) is 61.0 Å². The summed E-state index contributed by atoms with van der Waals surface area (Å²) in [7, 11) is 4.49. The number of unbranched alkanes of at least 4 members (excludes halogenated alkanes) is 2. The van der Waals surface area contributed by atoms with E-state index in [-0.39, 0.29) is 92.6 Å². The summed E-state index contributed by atoms with van der Waals surface area (Å²) in [5, 5.41) is 11.1. The molecule has 0 spiro atoms. The van der Waals surface area contributed by atoms with Crippen LogP contribution in [0.1, 0.15) is 137 Å². The van der Waals surface area contributed by atoms with Crippen molar-refractivity contribution in [2.45, 2.75) is 136 Å². The zero-order chi connectivity index (χ0) is 56.8. The first kappa shape index (κ1) is 58.7. The Balaban J connectivity index is 0.888. The highest BCUT2D eigenvalue weighted by Gasteiger charge is 2.42. The lowest BCUT2D eigenvalue weighted by Crippen LogP contribution is -2.53. The Hall–Kier alpha value is -7.96. The van der Waals surface area contributed by atoms with Gasteiger partial charge in [0.2, 0.25) is 23.3 Å². The highest BCUT2D eigenvalue weighted by Crippen LogP contribution is 2.42. The topological polar surface area (TPSA) is 235 Å². The summed E-state index contributed by atoms with van der Waals surface area (Å²) in [5.74, 6) is -1.39. The Bertz CT molecular complexity index is 2950. The van der Waals surface area contributed by atoms with Gasteiger partial charge in [-0.15, -0.1) is 0 Å². The smallest absolute Gasteiger partial charge is 0.329 e. The molecular weight excluding hydrogens is 1010 g/mol. The molecule has 3 aliphatic heterocycles. The number of ether oxygens (including phenoxy) is 6. The summed E-state index contributed by atoms with van der Waals surface area (Å²) in [4.78, 5) is 107. The normalized spacial score (nSPS) is 16.7. The molecule has 4 aromatic carbocycles. The highest BCUT2D eigenvalue weighted by atomic mass is 16.5. The van der Waals surface area contributed by atoms with Crippen LogP contribution in [-0.4, -0.2) is 110 Å². The van der Waals surface area contributed by atoms with E-state index < -0.39 is 47.2 Å². The molecule has 4 aromatic rings. The fourth-order valence-corrected chi connectivity index (χ4v) is 9.83. The molecule has 79 heavy (non-hydrogen) atoms. The fourth-order valence-electron chi connectivity index (χ4n) is 9.83. The predicted octanol–water partition coefficient (Wildman–Crippen LogP) is 9.35. The van der Waals surface area contributed by atoms with Gasteiger partial charge in [0.15, 0.2) is 23.1 Å². The number of nitrogens with zero attached hydrogens (tertiary/aromatic N) is 4. The standard InChI is InChI=1S/C60H71N5O14/c1-8-60(3,4)55(69)58(72)64-29-13-12-22-48(64)59(73)79-50(27-24-38-23-26-49(74-5)37(2)30-38)39-16-14-19-43(31-39)77-35-41(66)17-10-9-11-18-42(67)36-78-54-51(75-6)32-40(33-52(54)76-7)62-63-46-21-15-20-44-45(46)34-65(57(44)71)47-25-28-53(68)61-56(47)70/h14-16,19-21,23,26,30-33,47-48,50H,8-13,17-18,22,24-25,27-29,34-36H2,1-7H3,(H,61,68,70)/t47?,48-,50+/m0/s1. The van der Waals surface area contributed by atoms with Gasteiger partial charge in [-0.3, -0.25) is 38.9 Å². The molecular formula is C60H71N5O14. The predicted molar refractivity (Wildman–Crippen MR) is 290 cm³/mol. The minimum atomic E-state index is -0.902. The minimum absolute atomic E-state index is 0.123. The van der Waals surface area contributed by atoms with E-state index in [1.807, 2.05) is 38.1 Å². The average molecular weight is 1090 g/mol. The van der Waals surface area contributed by atoms with Crippen LogP contribution in [0.2, 0.25) is 0 Å². The highest BCUT2D eigenvalue weighted by molar-refractivity contribution is 6.38. The molecule has 2 saturated heterocycles. The van der Waals surface area contributed by atoms with Crippen molar-refractivity contribution < 1.29 is 66.8 Å². The van der Waals surface area contributed by atoms with Crippen LogP contribution in [0.3, 0.4) is 0 Å². The number of Topliss-reactive ketones (excluding diaryl/α,β-unsaturated/α-hetero) is 3. The molecule has 4 amide bonds. The number of amides is 4. The second kappa shape index (κ2) is 27.1. The van der Waals surface area contributed by atoms with Crippen LogP contribution in [0.25, 0.3) is 0 Å². The fraction of sp³-hybridized carbons (Fsp3) is 0.467. The lowest BCUT2D eigenvalue weighted by molar-refractivity contribution is -0.164. The second-order valence-corrected chi connectivity index (χ2v) is 20.7. The number of esters is 1. The van der Waals surface area contributed by atoms with Gasteiger partial charge in [-0.25, -0.2) is 4.79 Å². The Morgan fingerprint density at radius 1 is 0.785 bits per heavy atom. The monoisotopic (exact) mass is 1090 g/mol. The number of rotatable bonds is 27. The number of hydrogen-bond acceptors (Lipinski definition) is 16. The van der Waals surface area contributed by atoms with Gasteiger partial charge >= 0.3 is 5.97 Å². The van der Waals surface area contributed by atoms with Crippen LogP contribution in [0.5, 0.6) is 28.7 Å². The first-order valence-corrected chi connectivity index (χ1v) is 27.0. The third-order valence-corrected chi connectivity index (χ3v) is 14.8. The van der Waals surface area contributed by atoms with Crippen LogP contribution in [-0.2, 0) is 51.3 Å². The molecule has 7 rings (SSSR count). The number of ketones is 3. The van der Waals surface area contributed by atoms with E-state index in [0.717, 1.165) is 16.9 Å². The maximum Gasteiger partial charge on any atom is 0.329 e. The number of imide groups is 1. The second-order valence-electron chi connectivity index (χ2n) is 20.7. The first-order chi connectivity index (χ1) is 37.9. The molecule has 0 bridgehead atoms. The number of fused-ring (bicyclic) bond motifs is 1. The number of methoxy groups -OCH3 is 3. The zero-order valence-electron chi connectivity index (χ0n) is 46.2. The van der Waals surface area contributed by atoms with Crippen LogP contribution in [0.4, 0.5) is 11.4 Å². The summed E-state index contributed by atoms with van der Waals surface area (Å²) < 4.78 is 34.8. The van der Waals surface area contributed by atoms with Crippen molar-refractivity contribution in [2.24, 2.45) is 15.6 Å². The lowest BCUT2D eigenvalue weighted by Gasteiger charge is -2.36. The number of likely N-dealkylation sites (tertiary alicyclic amines) is 1. The van der Waals surface area contributed by atoms with E-state index >= 15 is 0 Å². The number of azo groups is 1. The van der Waals surface area contributed by atoms with E-state index in [0.29, 0.717) is 91.6 Å². The quantitative estimate of drug-likeness (QED) is 0.0193. The number of nitrogens with one attached hydrogen (secondary N) is 1. The number of carbonyl (C=O) groups excluding carboxylic acids is 8. The summed E-state index contributed by atoms with van der Waals surface area (Å²) in [6.07, 6.45) is 4.98. The molecule has 19 nitrogen and oxygen atoms in total. The van der Waals surface area contributed by atoms with Crippen LogP contribution < -0.4 is 29.0 Å². The third-order valence-electron chi connectivity index (χ3n) is 14.8. The Kier molecular flexibility index (Phi) is 20.1. The summed E-state index contributed by atoms with van der Waals surface area (Å²) in [6, 6.07) is 19.5. The van der Waals surface area contributed by atoms with E-state index in [2.05, 4.69) is 15.5 Å². The van der Waals surface area contributed by atoms with Gasteiger partial charge in [-0.2, -0.15) is 10.2 Å². The molecule has 0 aromatic heterocycles. The number of piperidine rings is 2. The largest absolute Gasteiger partial charge is 0.496 e. The molecule has 0 saturated carbocycles. The van der Waals surface area contributed by atoms with Crippen LogP contribution in [0, 0.1) is 12.3 Å². The maximum absolute atomic E-state index is 14.1.